The average Bonchev–Trinajstić information content (AvgIpc) is 3.17. The lowest BCUT2D eigenvalue weighted by Gasteiger charge is -2.35. The number of benzene rings is 1. The van der Waals surface area contributed by atoms with Crippen LogP contribution in [0, 0.1) is 0 Å². The highest BCUT2D eigenvalue weighted by molar-refractivity contribution is 7.89. The van der Waals surface area contributed by atoms with Crippen molar-refractivity contribution in [1.82, 2.24) is 9.21 Å². The Labute approximate surface area is 163 Å². The van der Waals surface area contributed by atoms with Crippen molar-refractivity contribution in [2.75, 3.05) is 38.1 Å². The molecule has 2 heterocycles. The van der Waals surface area contributed by atoms with Gasteiger partial charge in [-0.3, -0.25) is 9.59 Å². The maximum Gasteiger partial charge on any atom is 0.251 e. The molecule has 0 radical (unpaired) electrons. The van der Waals surface area contributed by atoms with Crippen molar-refractivity contribution in [2.45, 2.75) is 30.8 Å². The van der Waals surface area contributed by atoms with Gasteiger partial charge in [0.2, 0.25) is 15.9 Å². The van der Waals surface area contributed by atoms with Crippen molar-refractivity contribution in [3.63, 3.8) is 0 Å². The monoisotopic (exact) mass is 415 g/mol. The Morgan fingerprint density at radius 1 is 1.22 bits per heavy atom. The number of hydrogen-bond donors (Lipinski definition) is 1. The summed E-state index contributed by atoms with van der Waals surface area (Å²) in [6, 6.07) is 4.20. The summed E-state index contributed by atoms with van der Waals surface area (Å²) in [5.41, 5.74) is 0.357. The Kier molecular flexibility index (Phi) is 6.05. The highest BCUT2D eigenvalue weighted by Gasteiger charge is 2.34. The predicted octanol–water partition coefficient (Wildman–Crippen LogP) is 1.31. The average molecular weight is 416 g/mol. The van der Waals surface area contributed by atoms with Gasteiger partial charge in [-0.05, 0) is 31.0 Å². The summed E-state index contributed by atoms with van der Waals surface area (Å²) in [6.07, 6.45) is 1.20. The molecule has 3 rings (SSSR count). The first kappa shape index (κ1) is 20.1. The molecular weight excluding hydrogens is 394 g/mol. The Bertz CT molecular complexity index is 831. The summed E-state index contributed by atoms with van der Waals surface area (Å²) in [6.45, 7) is 3.03. The van der Waals surface area contributed by atoms with E-state index >= 15 is 0 Å². The van der Waals surface area contributed by atoms with Gasteiger partial charge in [-0.15, -0.1) is 0 Å². The van der Waals surface area contributed by atoms with Crippen molar-refractivity contribution < 1.29 is 22.7 Å². The minimum Gasteiger partial charge on any atom is -0.368 e. The van der Waals surface area contributed by atoms with Crippen LogP contribution in [0.5, 0.6) is 0 Å². The van der Waals surface area contributed by atoms with E-state index in [0.717, 1.165) is 12.8 Å². The number of amides is 2. The SMILES string of the molecule is CC(=O)Nc1ccc(S(=O)(=O)N2CCN(C(=O)C3CCCO3)CC2)cc1Cl. The third-order valence-corrected chi connectivity index (χ3v) is 6.85. The molecule has 2 aliphatic heterocycles. The fourth-order valence-corrected chi connectivity index (χ4v) is 4.96. The van der Waals surface area contributed by atoms with Gasteiger partial charge in [0.1, 0.15) is 6.10 Å². The summed E-state index contributed by atoms with van der Waals surface area (Å²) in [4.78, 5) is 25.2. The zero-order valence-corrected chi connectivity index (χ0v) is 16.6. The van der Waals surface area contributed by atoms with Gasteiger partial charge in [0.05, 0.1) is 15.6 Å². The number of nitrogens with one attached hydrogen (secondary N) is 1. The van der Waals surface area contributed by atoms with E-state index in [1.807, 2.05) is 0 Å². The standard InChI is InChI=1S/C17H22ClN3O5S/c1-12(22)19-15-5-4-13(11-14(15)18)27(24,25)21-8-6-20(7-9-21)17(23)16-3-2-10-26-16/h4-5,11,16H,2-3,6-10H2,1H3,(H,19,22). The molecule has 8 nitrogen and oxygen atoms in total. The number of anilines is 1. The molecule has 2 fully saturated rings. The van der Waals surface area contributed by atoms with Gasteiger partial charge in [-0.25, -0.2) is 8.42 Å². The number of halogens is 1. The van der Waals surface area contributed by atoms with Crippen LogP contribution >= 0.6 is 11.6 Å². The van der Waals surface area contributed by atoms with Crippen LogP contribution in [-0.2, 0) is 24.3 Å². The number of ether oxygens (including phenoxy) is 1. The summed E-state index contributed by atoms with van der Waals surface area (Å²) < 4.78 is 32.5. The minimum atomic E-state index is -3.73. The lowest BCUT2D eigenvalue weighted by molar-refractivity contribution is -0.142. The van der Waals surface area contributed by atoms with Crippen LogP contribution < -0.4 is 5.32 Å². The molecule has 0 bridgehead atoms. The number of piperazine rings is 1. The van der Waals surface area contributed by atoms with Crippen LogP contribution in [0.3, 0.4) is 0 Å². The molecule has 148 valence electrons. The Hall–Kier alpha value is -1.68. The van der Waals surface area contributed by atoms with Crippen LogP contribution in [0.15, 0.2) is 23.1 Å². The van der Waals surface area contributed by atoms with Gasteiger partial charge >= 0.3 is 0 Å². The molecular formula is C17H22ClN3O5S. The lowest BCUT2D eigenvalue weighted by atomic mass is 10.2. The number of carbonyl (C=O) groups is 2. The number of carbonyl (C=O) groups excluding carboxylic acids is 2. The second kappa shape index (κ2) is 8.14. The third kappa shape index (κ3) is 4.43. The highest BCUT2D eigenvalue weighted by atomic mass is 35.5. The van der Waals surface area contributed by atoms with Crippen molar-refractivity contribution >= 4 is 39.1 Å². The van der Waals surface area contributed by atoms with E-state index in [1.165, 1.54) is 29.4 Å². The van der Waals surface area contributed by atoms with E-state index in [-0.39, 0.29) is 34.8 Å². The maximum atomic E-state index is 12.9. The number of rotatable bonds is 4. The highest BCUT2D eigenvalue weighted by Crippen LogP contribution is 2.27. The molecule has 1 unspecified atom stereocenters. The van der Waals surface area contributed by atoms with Crippen LogP contribution in [0.1, 0.15) is 19.8 Å². The summed E-state index contributed by atoms with van der Waals surface area (Å²) in [5, 5.41) is 2.69. The van der Waals surface area contributed by atoms with Gasteiger partial charge in [0.15, 0.2) is 0 Å². The molecule has 1 aromatic rings. The van der Waals surface area contributed by atoms with Crippen molar-refractivity contribution in [3.05, 3.63) is 23.2 Å². The van der Waals surface area contributed by atoms with E-state index < -0.39 is 16.1 Å². The van der Waals surface area contributed by atoms with Crippen molar-refractivity contribution in [1.29, 1.82) is 0 Å². The molecule has 0 aliphatic carbocycles. The molecule has 1 N–H and O–H groups in total. The van der Waals surface area contributed by atoms with E-state index in [4.69, 9.17) is 16.3 Å². The first-order valence-electron chi connectivity index (χ1n) is 8.77. The first-order valence-corrected chi connectivity index (χ1v) is 10.6. The molecule has 2 aliphatic rings. The molecule has 10 heteroatoms. The van der Waals surface area contributed by atoms with Gasteiger partial charge < -0.3 is 15.0 Å². The van der Waals surface area contributed by atoms with Crippen LogP contribution in [-0.4, -0.2) is 68.3 Å². The van der Waals surface area contributed by atoms with Crippen molar-refractivity contribution in [3.8, 4) is 0 Å². The number of hydrogen-bond acceptors (Lipinski definition) is 5. The molecule has 2 saturated heterocycles. The van der Waals surface area contributed by atoms with E-state index in [9.17, 15) is 18.0 Å². The Morgan fingerprint density at radius 2 is 1.93 bits per heavy atom. The molecule has 2 amide bonds. The summed E-state index contributed by atoms with van der Waals surface area (Å²) in [5.74, 6) is -0.355. The fraction of sp³-hybridized carbons (Fsp3) is 0.529. The van der Waals surface area contributed by atoms with Crippen LogP contribution in [0.4, 0.5) is 5.69 Å². The zero-order valence-electron chi connectivity index (χ0n) is 15.0. The van der Waals surface area contributed by atoms with E-state index in [0.29, 0.717) is 25.4 Å². The van der Waals surface area contributed by atoms with E-state index in [2.05, 4.69) is 5.32 Å². The van der Waals surface area contributed by atoms with Crippen LogP contribution in [0.2, 0.25) is 5.02 Å². The number of nitrogens with zero attached hydrogens (tertiary/aromatic N) is 2. The molecule has 27 heavy (non-hydrogen) atoms. The second-order valence-corrected chi connectivity index (χ2v) is 8.90. The quantitative estimate of drug-likeness (QED) is 0.799. The predicted molar refractivity (Wildman–Crippen MR) is 100 cm³/mol. The molecule has 0 aromatic heterocycles. The molecule has 1 aromatic carbocycles. The smallest absolute Gasteiger partial charge is 0.251 e. The summed E-state index contributed by atoms with van der Waals surface area (Å²) >= 11 is 6.09. The first-order chi connectivity index (χ1) is 12.8. The lowest BCUT2D eigenvalue weighted by Crippen LogP contribution is -2.52. The molecule has 1 atom stereocenters. The van der Waals surface area contributed by atoms with Gasteiger partial charge in [0.25, 0.3) is 5.91 Å². The summed E-state index contributed by atoms with van der Waals surface area (Å²) in [7, 11) is -3.73. The third-order valence-electron chi connectivity index (χ3n) is 4.64. The Balaban J connectivity index is 1.67. The second-order valence-electron chi connectivity index (χ2n) is 6.55. The van der Waals surface area contributed by atoms with Crippen LogP contribution in [0.25, 0.3) is 0 Å². The number of sulfonamides is 1. The van der Waals surface area contributed by atoms with Gasteiger partial charge in [-0.2, -0.15) is 4.31 Å². The minimum absolute atomic E-state index is 0.0560. The zero-order chi connectivity index (χ0) is 19.6. The van der Waals surface area contributed by atoms with Gasteiger partial charge in [-0.1, -0.05) is 11.6 Å². The normalized spacial score (nSPS) is 21.3. The maximum absolute atomic E-state index is 12.9. The molecule has 0 spiro atoms. The largest absolute Gasteiger partial charge is 0.368 e. The van der Waals surface area contributed by atoms with Gasteiger partial charge in [0, 0.05) is 39.7 Å². The van der Waals surface area contributed by atoms with Crippen molar-refractivity contribution in [2.24, 2.45) is 0 Å². The Morgan fingerprint density at radius 3 is 2.48 bits per heavy atom. The topological polar surface area (TPSA) is 96.0 Å². The van der Waals surface area contributed by atoms with E-state index in [1.54, 1.807) is 4.90 Å². The fourth-order valence-electron chi connectivity index (χ4n) is 3.22. The molecule has 0 saturated carbocycles.